The van der Waals surface area contributed by atoms with Gasteiger partial charge in [-0.1, -0.05) is 23.2 Å². The van der Waals surface area contributed by atoms with Gasteiger partial charge in [-0.05, 0) is 61.7 Å². The number of rotatable bonds is 10. The number of carbonyl (C=O) groups excluding carboxylic acids is 1. The maximum Gasteiger partial charge on any atom is 0.223 e. The van der Waals surface area contributed by atoms with Crippen molar-refractivity contribution in [2.24, 2.45) is 13.0 Å². The van der Waals surface area contributed by atoms with E-state index in [0.29, 0.717) is 45.8 Å². The molecule has 4 aromatic rings. The van der Waals surface area contributed by atoms with E-state index in [2.05, 4.69) is 30.5 Å². The van der Waals surface area contributed by atoms with Crippen LogP contribution in [0.2, 0.25) is 10.0 Å². The zero-order valence-corrected chi connectivity index (χ0v) is 24.5. The number of halogens is 2. The van der Waals surface area contributed by atoms with Crippen LogP contribution in [0.25, 0.3) is 11.3 Å². The zero-order chi connectivity index (χ0) is 28.8. The summed E-state index contributed by atoms with van der Waals surface area (Å²) in [4.78, 5) is 31.3. The highest BCUT2D eigenvalue weighted by atomic mass is 35.5. The molecule has 41 heavy (non-hydrogen) atoms. The second-order valence-corrected chi connectivity index (χ2v) is 11.1. The SMILES string of the molecule is CC(=O)NCC1CCN(Cc2cc(Oc3cnc(NCc4cncn4C)nc3)nc(-c3cc(Cl)cc(Cl)c3)c2)CC1. The number of nitrogens with one attached hydrogen (secondary N) is 2. The van der Waals surface area contributed by atoms with Crippen LogP contribution in [0.15, 0.2) is 55.2 Å². The van der Waals surface area contributed by atoms with Crippen LogP contribution in [0.1, 0.15) is 31.0 Å². The number of anilines is 1. The first-order valence-corrected chi connectivity index (χ1v) is 14.2. The van der Waals surface area contributed by atoms with Crippen LogP contribution in [-0.2, 0) is 24.9 Å². The summed E-state index contributed by atoms with van der Waals surface area (Å²) in [6, 6.07) is 9.35. The van der Waals surface area contributed by atoms with E-state index >= 15 is 0 Å². The van der Waals surface area contributed by atoms with E-state index in [9.17, 15) is 4.79 Å². The Labute approximate surface area is 249 Å². The number of amides is 1. The van der Waals surface area contributed by atoms with Crippen molar-refractivity contribution < 1.29 is 9.53 Å². The molecule has 1 aliphatic rings. The van der Waals surface area contributed by atoms with Gasteiger partial charge in [0.25, 0.3) is 0 Å². The van der Waals surface area contributed by atoms with Crippen LogP contribution in [0.3, 0.4) is 0 Å². The number of imidazole rings is 1. The lowest BCUT2D eigenvalue weighted by molar-refractivity contribution is -0.119. The minimum atomic E-state index is 0.0198. The smallest absolute Gasteiger partial charge is 0.223 e. The highest BCUT2D eigenvalue weighted by Gasteiger charge is 2.20. The molecule has 1 amide bonds. The fourth-order valence-electron chi connectivity index (χ4n) is 4.75. The van der Waals surface area contributed by atoms with E-state index in [0.717, 1.165) is 55.8 Å². The van der Waals surface area contributed by atoms with Crippen molar-refractivity contribution >= 4 is 35.1 Å². The number of aryl methyl sites for hydroxylation is 1. The minimum Gasteiger partial charge on any atom is -0.436 e. The van der Waals surface area contributed by atoms with E-state index in [4.69, 9.17) is 32.9 Å². The van der Waals surface area contributed by atoms with Crippen molar-refractivity contribution in [3.05, 3.63) is 76.6 Å². The Balaban J connectivity index is 1.30. The summed E-state index contributed by atoms with van der Waals surface area (Å²) < 4.78 is 8.06. The van der Waals surface area contributed by atoms with Gasteiger partial charge in [-0.2, -0.15) is 0 Å². The quantitative estimate of drug-likeness (QED) is 0.253. The van der Waals surface area contributed by atoms with Crippen LogP contribution >= 0.6 is 23.2 Å². The number of ether oxygens (including phenoxy) is 1. The van der Waals surface area contributed by atoms with Crippen LogP contribution in [-0.4, -0.2) is 54.9 Å². The lowest BCUT2D eigenvalue weighted by Crippen LogP contribution is -2.37. The average Bonchev–Trinajstić information content (AvgIpc) is 3.36. The van der Waals surface area contributed by atoms with Crippen molar-refractivity contribution in [1.29, 1.82) is 0 Å². The lowest BCUT2D eigenvalue weighted by atomic mass is 9.96. The molecule has 1 fully saturated rings. The van der Waals surface area contributed by atoms with Crippen LogP contribution < -0.4 is 15.4 Å². The summed E-state index contributed by atoms with van der Waals surface area (Å²) in [6.07, 6.45) is 8.83. The molecule has 0 atom stereocenters. The second-order valence-electron chi connectivity index (χ2n) is 10.2. The van der Waals surface area contributed by atoms with Gasteiger partial charge in [0.2, 0.25) is 17.7 Å². The summed E-state index contributed by atoms with van der Waals surface area (Å²) in [5, 5.41) is 7.20. The number of benzene rings is 1. The summed E-state index contributed by atoms with van der Waals surface area (Å²) in [5.74, 6) is 1.89. The molecule has 12 heteroatoms. The predicted molar refractivity (Wildman–Crippen MR) is 159 cm³/mol. The van der Waals surface area contributed by atoms with Gasteiger partial charge in [0.1, 0.15) is 0 Å². The van der Waals surface area contributed by atoms with Crippen molar-refractivity contribution in [1.82, 2.24) is 34.7 Å². The largest absolute Gasteiger partial charge is 0.436 e. The highest BCUT2D eigenvalue weighted by molar-refractivity contribution is 6.35. The molecular formula is C29H32Cl2N8O2. The molecule has 0 saturated carbocycles. The molecule has 10 nitrogen and oxygen atoms in total. The molecule has 214 valence electrons. The third-order valence-electron chi connectivity index (χ3n) is 6.97. The van der Waals surface area contributed by atoms with Gasteiger partial charge in [-0.15, -0.1) is 0 Å². The molecule has 4 heterocycles. The maximum absolute atomic E-state index is 11.3. The fourth-order valence-corrected chi connectivity index (χ4v) is 5.28. The number of hydrogen-bond acceptors (Lipinski definition) is 8. The Morgan fingerprint density at radius 1 is 1.05 bits per heavy atom. The van der Waals surface area contributed by atoms with Crippen molar-refractivity contribution in [3.8, 4) is 22.9 Å². The molecule has 1 saturated heterocycles. The first kappa shape index (κ1) is 28.8. The Hall–Kier alpha value is -3.73. The summed E-state index contributed by atoms with van der Waals surface area (Å²) in [6.45, 7) is 5.47. The van der Waals surface area contributed by atoms with Gasteiger partial charge in [0.05, 0.1) is 36.7 Å². The van der Waals surface area contributed by atoms with Crippen LogP contribution in [0.5, 0.6) is 11.6 Å². The third-order valence-corrected chi connectivity index (χ3v) is 7.40. The standard InChI is InChI=1S/C29H32Cl2N8O2/c1-19(40)33-12-20-3-5-39(6-4-20)17-21-7-27(22-9-23(30)11-24(31)10-22)37-28(8-21)41-26-15-35-29(36-16-26)34-14-25-13-32-18-38(25)2/h7-11,13,15-16,18,20H,3-6,12,14,17H2,1-2H3,(H,33,40)(H,34,35,36). The summed E-state index contributed by atoms with van der Waals surface area (Å²) in [7, 11) is 1.94. The molecule has 0 unspecified atom stereocenters. The van der Waals surface area contributed by atoms with Gasteiger partial charge in [-0.25, -0.2) is 19.9 Å². The molecule has 2 N–H and O–H groups in total. The van der Waals surface area contributed by atoms with Gasteiger partial charge in [0.15, 0.2) is 5.75 Å². The first-order valence-electron chi connectivity index (χ1n) is 13.4. The van der Waals surface area contributed by atoms with E-state index in [1.165, 1.54) is 0 Å². The number of likely N-dealkylation sites (tertiary alicyclic amines) is 1. The van der Waals surface area contributed by atoms with Crippen molar-refractivity contribution in [2.45, 2.75) is 32.9 Å². The Morgan fingerprint density at radius 2 is 1.78 bits per heavy atom. The summed E-state index contributed by atoms with van der Waals surface area (Å²) in [5.41, 5.74) is 3.57. The van der Waals surface area contributed by atoms with E-state index < -0.39 is 0 Å². The predicted octanol–water partition coefficient (Wildman–Crippen LogP) is 5.33. The summed E-state index contributed by atoms with van der Waals surface area (Å²) >= 11 is 12.6. The zero-order valence-electron chi connectivity index (χ0n) is 23.0. The number of carbonyl (C=O) groups is 1. The topological polar surface area (TPSA) is 110 Å². The fraction of sp³-hybridized carbons (Fsp3) is 0.345. The Kier molecular flexibility index (Phi) is 9.33. The number of piperidine rings is 1. The van der Waals surface area contributed by atoms with Gasteiger partial charge in [0, 0.05) is 54.9 Å². The minimum absolute atomic E-state index is 0.0198. The molecule has 0 spiro atoms. The molecule has 0 radical (unpaired) electrons. The lowest BCUT2D eigenvalue weighted by Gasteiger charge is -2.32. The molecule has 3 aromatic heterocycles. The van der Waals surface area contributed by atoms with Crippen molar-refractivity contribution in [2.75, 3.05) is 25.0 Å². The molecule has 0 aliphatic carbocycles. The normalized spacial score (nSPS) is 14.1. The second kappa shape index (κ2) is 13.3. The van der Waals surface area contributed by atoms with E-state index in [-0.39, 0.29) is 5.91 Å². The molecule has 5 rings (SSSR count). The first-order chi connectivity index (χ1) is 19.8. The molecular weight excluding hydrogens is 563 g/mol. The molecule has 1 aromatic carbocycles. The number of aromatic nitrogens is 5. The van der Waals surface area contributed by atoms with Crippen molar-refractivity contribution in [3.63, 3.8) is 0 Å². The van der Waals surface area contributed by atoms with Gasteiger partial charge in [-0.3, -0.25) is 9.69 Å². The van der Waals surface area contributed by atoms with E-state index in [1.807, 2.05) is 35.9 Å². The molecule has 0 bridgehead atoms. The van der Waals surface area contributed by atoms with Gasteiger partial charge >= 0.3 is 0 Å². The Bertz CT molecular complexity index is 1470. The molecule has 1 aliphatic heterocycles. The number of nitrogens with zero attached hydrogens (tertiary/aromatic N) is 6. The number of pyridine rings is 1. The Morgan fingerprint density at radius 3 is 2.44 bits per heavy atom. The van der Waals surface area contributed by atoms with Crippen LogP contribution in [0, 0.1) is 5.92 Å². The third kappa shape index (κ3) is 8.16. The average molecular weight is 596 g/mol. The van der Waals surface area contributed by atoms with E-state index in [1.54, 1.807) is 37.9 Å². The maximum atomic E-state index is 11.3. The highest BCUT2D eigenvalue weighted by Crippen LogP contribution is 2.30. The van der Waals surface area contributed by atoms with Gasteiger partial charge < -0.3 is 19.9 Å². The monoisotopic (exact) mass is 594 g/mol. The van der Waals surface area contributed by atoms with Crippen LogP contribution in [0.4, 0.5) is 5.95 Å². The number of hydrogen-bond donors (Lipinski definition) is 2.